The third-order valence-electron chi connectivity index (χ3n) is 3.84. The number of morpholine rings is 1. The van der Waals surface area contributed by atoms with Crippen LogP contribution in [0.4, 0.5) is 0 Å². The third-order valence-corrected chi connectivity index (χ3v) is 3.84. The summed E-state index contributed by atoms with van der Waals surface area (Å²) in [6, 6.07) is 12.7. The Labute approximate surface area is 119 Å². The summed E-state index contributed by atoms with van der Waals surface area (Å²) in [7, 11) is 0. The molecule has 0 N–H and O–H groups in total. The first kappa shape index (κ1) is 13.0. The maximum absolute atomic E-state index is 9.36. The van der Waals surface area contributed by atoms with Gasteiger partial charge in [0.05, 0.1) is 30.6 Å². The van der Waals surface area contributed by atoms with Crippen LogP contribution in [-0.4, -0.2) is 31.2 Å². The average Bonchev–Trinajstić information content (AvgIpc) is 2.92. The Kier molecular flexibility index (Phi) is 3.85. The lowest BCUT2D eigenvalue weighted by Gasteiger charge is -2.31. The standard InChI is InChI=1S/C17H18N2O/c18-13-16-7-6-15(12-14-4-2-1-3-5-14)17(16)19-8-10-20-11-9-19/h1-5,12H,6-11H2. The fraction of sp³-hybridized carbons (Fsp3) is 0.353. The Morgan fingerprint density at radius 3 is 2.55 bits per heavy atom. The van der Waals surface area contributed by atoms with Crippen molar-refractivity contribution in [3.05, 3.63) is 52.7 Å². The molecule has 1 aliphatic heterocycles. The van der Waals surface area contributed by atoms with E-state index >= 15 is 0 Å². The Morgan fingerprint density at radius 1 is 1.10 bits per heavy atom. The fourth-order valence-corrected chi connectivity index (χ4v) is 2.87. The van der Waals surface area contributed by atoms with E-state index in [1.54, 1.807) is 0 Å². The molecule has 1 aromatic carbocycles. The van der Waals surface area contributed by atoms with Gasteiger partial charge in [0.2, 0.25) is 0 Å². The van der Waals surface area contributed by atoms with Crippen molar-refractivity contribution in [3.63, 3.8) is 0 Å². The van der Waals surface area contributed by atoms with Gasteiger partial charge >= 0.3 is 0 Å². The molecule has 0 radical (unpaired) electrons. The van der Waals surface area contributed by atoms with E-state index < -0.39 is 0 Å². The molecule has 1 aromatic rings. The van der Waals surface area contributed by atoms with Crippen molar-refractivity contribution in [1.29, 1.82) is 5.26 Å². The predicted molar refractivity (Wildman–Crippen MR) is 78.7 cm³/mol. The van der Waals surface area contributed by atoms with Gasteiger partial charge < -0.3 is 9.64 Å². The van der Waals surface area contributed by atoms with Crippen LogP contribution in [-0.2, 0) is 4.74 Å². The SMILES string of the molecule is N#CC1=C(N2CCOCC2)C(=Cc2ccccc2)CC1. The van der Waals surface area contributed by atoms with E-state index in [0.717, 1.165) is 50.4 Å². The molecule has 0 spiro atoms. The van der Waals surface area contributed by atoms with Gasteiger partial charge in [-0.25, -0.2) is 0 Å². The largest absolute Gasteiger partial charge is 0.378 e. The molecule has 0 bridgehead atoms. The molecule has 0 saturated carbocycles. The molecule has 1 fully saturated rings. The maximum atomic E-state index is 9.36. The minimum absolute atomic E-state index is 0.751. The van der Waals surface area contributed by atoms with E-state index in [1.807, 2.05) is 18.2 Å². The Hall–Kier alpha value is -2.05. The van der Waals surface area contributed by atoms with E-state index in [-0.39, 0.29) is 0 Å². The lowest BCUT2D eigenvalue weighted by atomic mass is 10.1. The molecular formula is C17H18N2O. The van der Waals surface area contributed by atoms with Gasteiger partial charge in [-0.3, -0.25) is 0 Å². The lowest BCUT2D eigenvalue weighted by Crippen LogP contribution is -2.36. The molecule has 3 nitrogen and oxygen atoms in total. The average molecular weight is 266 g/mol. The van der Waals surface area contributed by atoms with Crippen LogP contribution in [0.3, 0.4) is 0 Å². The molecule has 1 heterocycles. The van der Waals surface area contributed by atoms with E-state index in [1.165, 1.54) is 11.1 Å². The van der Waals surface area contributed by atoms with Crippen molar-refractivity contribution in [2.24, 2.45) is 0 Å². The van der Waals surface area contributed by atoms with Crippen LogP contribution in [0.5, 0.6) is 0 Å². The van der Waals surface area contributed by atoms with Crippen LogP contribution in [0.15, 0.2) is 47.2 Å². The normalized spacial score (nSPS) is 21.4. The summed E-state index contributed by atoms with van der Waals surface area (Å²) >= 11 is 0. The van der Waals surface area contributed by atoms with Crippen molar-refractivity contribution >= 4 is 6.08 Å². The quantitative estimate of drug-likeness (QED) is 0.825. The summed E-state index contributed by atoms with van der Waals surface area (Å²) in [5.74, 6) is 0. The van der Waals surface area contributed by atoms with E-state index in [2.05, 4.69) is 29.2 Å². The van der Waals surface area contributed by atoms with Crippen molar-refractivity contribution in [3.8, 4) is 6.07 Å². The van der Waals surface area contributed by atoms with Crippen LogP contribution in [0.2, 0.25) is 0 Å². The molecule has 3 rings (SSSR count). The summed E-state index contributed by atoms with van der Waals surface area (Å²) in [6.07, 6.45) is 4.04. The second-order valence-electron chi connectivity index (χ2n) is 5.12. The second kappa shape index (κ2) is 5.94. The van der Waals surface area contributed by atoms with Gasteiger partial charge in [-0.1, -0.05) is 30.3 Å². The minimum Gasteiger partial charge on any atom is -0.378 e. The van der Waals surface area contributed by atoms with Gasteiger partial charge in [0.25, 0.3) is 0 Å². The number of hydrogen-bond acceptors (Lipinski definition) is 3. The van der Waals surface area contributed by atoms with Gasteiger partial charge in [-0.15, -0.1) is 0 Å². The highest BCUT2D eigenvalue weighted by molar-refractivity contribution is 5.62. The molecule has 3 heteroatoms. The molecule has 0 amide bonds. The molecule has 0 atom stereocenters. The highest BCUT2D eigenvalue weighted by Gasteiger charge is 2.25. The summed E-state index contributed by atoms with van der Waals surface area (Å²) in [5.41, 5.74) is 4.57. The predicted octanol–water partition coefficient (Wildman–Crippen LogP) is 2.97. The first-order valence-corrected chi connectivity index (χ1v) is 7.10. The van der Waals surface area contributed by atoms with Gasteiger partial charge in [0, 0.05) is 13.1 Å². The van der Waals surface area contributed by atoms with E-state index in [4.69, 9.17) is 4.74 Å². The monoisotopic (exact) mass is 266 g/mol. The minimum atomic E-state index is 0.751. The number of nitriles is 1. The third kappa shape index (κ3) is 2.61. The lowest BCUT2D eigenvalue weighted by molar-refractivity contribution is 0.0548. The number of rotatable bonds is 2. The summed E-state index contributed by atoms with van der Waals surface area (Å²) in [6.45, 7) is 3.26. The number of allylic oxidation sites excluding steroid dienone is 2. The molecular weight excluding hydrogens is 248 g/mol. The smallest absolute Gasteiger partial charge is 0.0969 e. The first-order valence-electron chi connectivity index (χ1n) is 7.10. The fourth-order valence-electron chi connectivity index (χ4n) is 2.87. The van der Waals surface area contributed by atoms with Crippen LogP contribution in [0, 0.1) is 11.3 Å². The van der Waals surface area contributed by atoms with Gasteiger partial charge in [-0.05, 0) is 30.1 Å². The molecule has 0 aromatic heterocycles. The zero-order valence-electron chi connectivity index (χ0n) is 11.5. The number of ether oxygens (including phenoxy) is 1. The van der Waals surface area contributed by atoms with Crippen molar-refractivity contribution in [1.82, 2.24) is 4.90 Å². The molecule has 102 valence electrons. The molecule has 0 unspecified atom stereocenters. The van der Waals surface area contributed by atoms with Crippen molar-refractivity contribution in [2.45, 2.75) is 12.8 Å². The highest BCUT2D eigenvalue weighted by atomic mass is 16.5. The molecule has 1 aliphatic carbocycles. The Balaban J connectivity index is 1.93. The molecule has 2 aliphatic rings. The van der Waals surface area contributed by atoms with Gasteiger partial charge in [-0.2, -0.15) is 5.26 Å². The number of benzene rings is 1. The molecule has 1 saturated heterocycles. The summed E-state index contributed by atoms with van der Waals surface area (Å²) < 4.78 is 5.42. The topological polar surface area (TPSA) is 36.3 Å². The van der Waals surface area contributed by atoms with Crippen molar-refractivity contribution < 1.29 is 4.74 Å². The maximum Gasteiger partial charge on any atom is 0.0969 e. The van der Waals surface area contributed by atoms with Gasteiger partial charge in [0.1, 0.15) is 0 Å². The Morgan fingerprint density at radius 2 is 1.85 bits per heavy atom. The zero-order valence-corrected chi connectivity index (χ0v) is 11.5. The van der Waals surface area contributed by atoms with E-state index in [9.17, 15) is 5.26 Å². The van der Waals surface area contributed by atoms with Gasteiger partial charge in [0.15, 0.2) is 0 Å². The second-order valence-corrected chi connectivity index (χ2v) is 5.12. The number of nitrogens with zero attached hydrogens (tertiary/aromatic N) is 2. The summed E-state index contributed by atoms with van der Waals surface area (Å²) in [4.78, 5) is 2.31. The van der Waals surface area contributed by atoms with Crippen LogP contribution < -0.4 is 0 Å². The number of hydrogen-bond donors (Lipinski definition) is 0. The zero-order chi connectivity index (χ0) is 13.8. The summed E-state index contributed by atoms with van der Waals surface area (Å²) in [5, 5.41) is 9.36. The van der Waals surface area contributed by atoms with Crippen LogP contribution in [0.25, 0.3) is 6.08 Å². The highest BCUT2D eigenvalue weighted by Crippen LogP contribution is 2.35. The first-order chi connectivity index (χ1) is 9.88. The Bertz CT molecular complexity index is 575. The van der Waals surface area contributed by atoms with E-state index in [0.29, 0.717) is 0 Å². The van der Waals surface area contributed by atoms with Crippen LogP contribution >= 0.6 is 0 Å². The molecule has 20 heavy (non-hydrogen) atoms. The van der Waals surface area contributed by atoms with Crippen LogP contribution in [0.1, 0.15) is 18.4 Å². The van der Waals surface area contributed by atoms with Crippen molar-refractivity contribution in [2.75, 3.05) is 26.3 Å².